The van der Waals surface area contributed by atoms with Crippen LogP contribution < -0.4 is 0 Å². The van der Waals surface area contributed by atoms with Crippen molar-refractivity contribution in [3.8, 4) is 0 Å². The molecule has 0 aliphatic carbocycles. The maximum absolute atomic E-state index is 11.0. The average Bonchev–Trinajstić information content (AvgIpc) is 2.66. The van der Waals surface area contributed by atoms with Crippen molar-refractivity contribution >= 4 is 29.1 Å². The van der Waals surface area contributed by atoms with E-state index in [1.165, 1.54) is 11.3 Å². The van der Waals surface area contributed by atoms with E-state index in [1.807, 2.05) is 23.2 Å². The molecule has 1 saturated heterocycles. The van der Waals surface area contributed by atoms with Gasteiger partial charge in [0.15, 0.2) is 0 Å². The van der Waals surface area contributed by atoms with Crippen LogP contribution in [-0.2, 0) is 6.54 Å². The number of hydrogen-bond donors (Lipinski definition) is 1. The maximum Gasteiger partial charge on any atom is 0.346 e. The van der Waals surface area contributed by atoms with Crippen LogP contribution in [-0.4, -0.2) is 40.1 Å². The number of hydrogen-bond acceptors (Lipinski definition) is 4. The lowest BCUT2D eigenvalue weighted by Gasteiger charge is -2.30. The predicted molar refractivity (Wildman–Crippen MR) is 68.5 cm³/mol. The first-order chi connectivity index (χ1) is 7.66. The van der Waals surface area contributed by atoms with Crippen LogP contribution in [0, 0.1) is 0 Å². The third-order valence-electron chi connectivity index (χ3n) is 2.66. The Hall–Kier alpha value is -0.520. The van der Waals surface area contributed by atoms with Gasteiger partial charge >= 0.3 is 5.97 Å². The molecule has 0 spiro atoms. The second-order valence-electron chi connectivity index (χ2n) is 4.00. The van der Waals surface area contributed by atoms with Gasteiger partial charge in [0.1, 0.15) is 4.88 Å². The van der Waals surface area contributed by atoms with Gasteiger partial charge in [-0.3, -0.25) is 4.90 Å². The Labute approximate surface area is 103 Å². The fourth-order valence-electron chi connectivity index (χ4n) is 1.92. The second-order valence-corrected chi connectivity index (χ2v) is 6.46. The highest BCUT2D eigenvalue weighted by atomic mass is 32.2. The Balaban J connectivity index is 2.02. The van der Waals surface area contributed by atoms with E-state index >= 15 is 0 Å². The second kappa shape index (κ2) is 5.21. The molecule has 5 heteroatoms. The summed E-state index contributed by atoms with van der Waals surface area (Å²) in [5.41, 5.74) is 0.955. The van der Waals surface area contributed by atoms with Gasteiger partial charge in [-0.15, -0.1) is 11.3 Å². The van der Waals surface area contributed by atoms with Crippen LogP contribution in [0.15, 0.2) is 11.4 Å². The first kappa shape index (κ1) is 12.0. The van der Waals surface area contributed by atoms with Crippen molar-refractivity contribution in [2.45, 2.75) is 18.7 Å². The molecule has 0 saturated carbocycles. The Morgan fingerprint density at radius 1 is 1.69 bits per heavy atom. The quantitative estimate of drug-likeness (QED) is 0.902. The molecule has 1 aromatic heterocycles. The predicted octanol–water partition coefficient (Wildman–Crippen LogP) is 2.38. The molecular weight excluding hydrogens is 242 g/mol. The molecule has 3 nitrogen and oxygen atoms in total. The smallest absolute Gasteiger partial charge is 0.346 e. The third-order valence-corrected chi connectivity index (χ3v) is 4.74. The van der Waals surface area contributed by atoms with E-state index in [0.717, 1.165) is 31.0 Å². The van der Waals surface area contributed by atoms with Gasteiger partial charge in [-0.05, 0) is 17.0 Å². The van der Waals surface area contributed by atoms with Crippen molar-refractivity contribution in [2.24, 2.45) is 0 Å². The fraction of sp³-hybridized carbons (Fsp3) is 0.545. The summed E-state index contributed by atoms with van der Waals surface area (Å²) in [6, 6.07) is 1.93. The van der Waals surface area contributed by atoms with E-state index in [-0.39, 0.29) is 0 Å². The van der Waals surface area contributed by atoms with Crippen LogP contribution in [0.25, 0.3) is 0 Å². The van der Waals surface area contributed by atoms with Gasteiger partial charge in [0.2, 0.25) is 0 Å². The zero-order valence-electron chi connectivity index (χ0n) is 9.18. The molecule has 2 rings (SSSR count). The maximum atomic E-state index is 11.0. The van der Waals surface area contributed by atoms with Gasteiger partial charge < -0.3 is 5.11 Å². The summed E-state index contributed by atoms with van der Waals surface area (Å²) in [6.45, 7) is 5.11. The first-order valence-corrected chi connectivity index (χ1v) is 7.23. The molecule has 1 aliphatic rings. The Bertz CT molecular complexity index is 378. The van der Waals surface area contributed by atoms with Crippen molar-refractivity contribution in [2.75, 3.05) is 18.8 Å². The molecule has 0 amide bonds. The minimum absolute atomic E-state index is 0.492. The highest BCUT2D eigenvalue weighted by Crippen LogP contribution is 2.23. The highest BCUT2D eigenvalue weighted by Gasteiger charge is 2.19. The monoisotopic (exact) mass is 257 g/mol. The van der Waals surface area contributed by atoms with E-state index in [2.05, 4.69) is 11.8 Å². The van der Waals surface area contributed by atoms with E-state index in [9.17, 15) is 4.79 Å². The van der Waals surface area contributed by atoms with E-state index in [1.54, 1.807) is 0 Å². The van der Waals surface area contributed by atoms with Crippen LogP contribution in [0.3, 0.4) is 0 Å². The summed E-state index contributed by atoms with van der Waals surface area (Å²) in [5.74, 6) is 0.345. The fourth-order valence-corrected chi connectivity index (χ4v) is 3.76. The third kappa shape index (κ3) is 2.78. The number of carboxylic acids is 1. The SMILES string of the molecule is CC1CN(Cc2ccsc2C(=O)O)CCS1. The molecular formula is C11H15NO2S2. The molecule has 1 fully saturated rings. The summed E-state index contributed by atoms with van der Waals surface area (Å²) < 4.78 is 0. The minimum Gasteiger partial charge on any atom is -0.477 e. The lowest BCUT2D eigenvalue weighted by Crippen LogP contribution is -2.36. The van der Waals surface area contributed by atoms with E-state index in [0.29, 0.717) is 10.1 Å². The van der Waals surface area contributed by atoms with Crippen LogP contribution in [0.4, 0.5) is 0 Å². The zero-order valence-corrected chi connectivity index (χ0v) is 10.8. The molecule has 0 radical (unpaired) electrons. The van der Waals surface area contributed by atoms with E-state index < -0.39 is 5.97 Å². The number of nitrogens with zero attached hydrogens (tertiary/aromatic N) is 1. The summed E-state index contributed by atoms with van der Waals surface area (Å²) in [6.07, 6.45) is 0. The molecule has 1 unspecified atom stereocenters. The van der Waals surface area contributed by atoms with Gasteiger partial charge in [-0.1, -0.05) is 6.92 Å². The number of aromatic carboxylic acids is 1. The average molecular weight is 257 g/mol. The van der Waals surface area contributed by atoms with Crippen molar-refractivity contribution in [3.63, 3.8) is 0 Å². The van der Waals surface area contributed by atoms with Gasteiger partial charge in [0, 0.05) is 30.6 Å². The number of carboxylic acid groups (broad SMARTS) is 1. The molecule has 1 aromatic rings. The van der Waals surface area contributed by atoms with Crippen LogP contribution in [0.2, 0.25) is 0 Å². The minimum atomic E-state index is -0.801. The van der Waals surface area contributed by atoms with Crippen LogP contribution >= 0.6 is 23.1 Å². The van der Waals surface area contributed by atoms with Crippen molar-refractivity contribution in [1.82, 2.24) is 4.90 Å². The van der Waals surface area contributed by atoms with Gasteiger partial charge in [-0.2, -0.15) is 11.8 Å². The highest BCUT2D eigenvalue weighted by molar-refractivity contribution is 7.99. The number of thioether (sulfide) groups is 1. The number of rotatable bonds is 3. The zero-order chi connectivity index (χ0) is 11.5. The van der Waals surface area contributed by atoms with Gasteiger partial charge in [-0.25, -0.2) is 4.79 Å². The molecule has 88 valence electrons. The molecule has 2 heterocycles. The Kier molecular flexibility index (Phi) is 3.89. The Morgan fingerprint density at radius 3 is 3.19 bits per heavy atom. The summed E-state index contributed by atoms with van der Waals surface area (Å²) in [4.78, 5) is 13.8. The van der Waals surface area contributed by atoms with Gasteiger partial charge in [0.05, 0.1) is 0 Å². The standard InChI is InChI=1S/C11H15NO2S2/c1-8-6-12(3-5-15-8)7-9-2-4-16-10(9)11(13)14/h2,4,8H,3,5-7H2,1H3,(H,13,14). The van der Waals surface area contributed by atoms with Crippen molar-refractivity contribution < 1.29 is 9.90 Å². The summed E-state index contributed by atoms with van der Waals surface area (Å²) in [5, 5.41) is 11.5. The molecule has 1 atom stereocenters. The van der Waals surface area contributed by atoms with Gasteiger partial charge in [0.25, 0.3) is 0 Å². The van der Waals surface area contributed by atoms with Crippen LogP contribution in [0.5, 0.6) is 0 Å². The topological polar surface area (TPSA) is 40.5 Å². The molecule has 0 bridgehead atoms. The van der Waals surface area contributed by atoms with Crippen molar-refractivity contribution in [1.29, 1.82) is 0 Å². The lowest BCUT2D eigenvalue weighted by molar-refractivity contribution is 0.0700. The van der Waals surface area contributed by atoms with Crippen LogP contribution in [0.1, 0.15) is 22.2 Å². The first-order valence-electron chi connectivity index (χ1n) is 5.30. The Morgan fingerprint density at radius 2 is 2.50 bits per heavy atom. The van der Waals surface area contributed by atoms with E-state index in [4.69, 9.17) is 5.11 Å². The number of thiophene rings is 1. The molecule has 1 aliphatic heterocycles. The normalized spacial score (nSPS) is 22.2. The summed E-state index contributed by atoms with van der Waals surface area (Å²) >= 11 is 3.31. The molecule has 1 N–H and O–H groups in total. The summed E-state index contributed by atoms with van der Waals surface area (Å²) in [7, 11) is 0. The lowest BCUT2D eigenvalue weighted by atomic mass is 10.2. The largest absolute Gasteiger partial charge is 0.477 e. The molecule has 0 aromatic carbocycles. The molecule has 16 heavy (non-hydrogen) atoms. The number of carbonyl (C=O) groups is 1. The van der Waals surface area contributed by atoms with Crippen molar-refractivity contribution in [3.05, 3.63) is 21.9 Å².